The number of sulfonamides is 1. The van der Waals surface area contributed by atoms with Crippen molar-refractivity contribution in [3.63, 3.8) is 0 Å². The molecular formula is C37H44N4O7S. The van der Waals surface area contributed by atoms with Crippen molar-refractivity contribution in [1.29, 1.82) is 0 Å². The number of aliphatic hydroxyl groups is 1. The van der Waals surface area contributed by atoms with Crippen molar-refractivity contribution in [2.75, 3.05) is 26.2 Å². The molecule has 2 N–H and O–H groups in total. The van der Waals surface area contributed by atoms with E-state index in [-0.39, 0.29) is 30.2 Å². The molecule has 0 saturated heterocycles. The molecule has 1 amide bonds. The van der Waals surface area contributed by atoms with E-state index in [0.717, 1.165) is 32.0 Å². The van der Waals surface area contributed by atoms with Crippen LogP contribution in [0.1, 0.15) is 37.0 Å². The lowest BCUT2D eigenvalue weighted by atomic mass is 9.88. The average Bonchev–Trinajstić information content (AvgIpc) is 3.08. The molecule has 4 aromatic rings. The molecule has 0 aliphatic rings. The van der Waals surface area contributed by atoms with E-state index in [4.69, 9.17) is 0 Å². The number of amides is 1. The highest BCUT2D eigenvalue weighted by molar-refractivity contribution is 7.89. The number of rotatable bonds is 18. The van der Waals surface area contributed by atoms with Crippen LogP contribution >= 0.6 is 0 Å². The molecule has 12 heteroatoms. The SMILES string of the molecule is CC(C)(CCN(Cc1ccccc1)Cc1ccccc1)CN(CC(O)CN(Cc1ccccc1)C(=O)O)S(=O)(=O)c1cccc([N+](=O)[O-])c1. The topological polar surface area (TPSA) is 145 Å². The summed E-state index contributed by atoms with van der Waals surface area (Å²) in [5, 5.41) is 32.6. The number of hydrogen-bond donors (Lipinski definition) is 2. The molecule has 0 bridgehead atoms. The van der Waals surface area contributed by atoms with Gasteiger partial charge >= 0.3 is 6.09 Å². The van der Waals surface area contributed by atoms with Crippen LogP contribution in [-0.2, 0) is 29.7 Å². The van der Waals surface area contributed by atoms with Crippen molar-refractivity contribution in [1.82, 2.24) is 14.1 Å². The number of non-ortho nitro benzene ring substituents is 1. The number of carbonyl (C=O) groups is 1. The lowest BCUT2D eigenvalue weighted by molar-refractivity contribution is -0.385. The zero-order chi connectivity index (χ0) is 35.4. The van der Waals surface area contributed by atoms with Crippen LogP contribution in [0.4, 0.5) is 10.5 Å². The first-order chi connectivity index (χ1) is 23.3. The molecule has 4 aromatic carbocycles. The summed E-state index contributed by atoms with van der Waals surface area (Å²) >= 11 is 0. The van der Waals surface area contributed by atoms with Gasteiger partial charge in [0.1, 0.15) is 0 Å². The second-order valence-electron chi connectivity index (χ2n) is 13.0. The smallest absolute Gasteiger partial charge is 0.407 e. The molecule has 1 atom stereocenters. The van der Waals surface area contributed by atoms with Crippen LogP contribution in [0.15, 0.2) is 120 Å². The highest BCUT2D eigenvalue weighted by atomic mass is 32.2. The first-order valence-corrected chi connectivity index (χ1v) is 17.5. The first-order valence-electron chi connectivity index (χ1n) is 16.1. The third kappa shape index (κ3) is 11.5. The van der Waals surface area contributed by atoms with Crippen LogP contribution in [0, 0.1) is 15.5 Å². The minimum absolute atomic E-state index is 0.00895. The second kappa shape index (κ2) is 17.2. The Hall–Kier alpha value is -4.62. The van der Waals surface area contributed by atoms with E-state index in [0.29, 0.717) is 26.1 Å². The monoisotopic (exact) mass is 688 g/mol. The van der Waals surface area contributed by atoms with Gasteiger partial charge in [-0.15, -0.1) is 0 Å². The summed E-state index contributed by atoms with van der Waals surface area (Å²) in [6.45, 7) is 5.13. The maximum Gasteiger partial charge on any atom is 0.407 e. The molecule has 0 aromatic heterocycles. The molecule has 1 unspecified atom stereocenters. The lowest BCUT2D eigenvalue weighted by Crippen LogP contribution is -2.47. The predicted molar refractivity (Wildman–Crippen MR) is 188 cm³/mol. The largest absolute Gasteiger partial charge is 0.465 e. The summed E-state index contributed by atoms with van der Waals surface area (Å²) in [6, 6.07) is 33.9. The number of hydrogen-bond acceptors (Lipinski definition) is 7. The van der Waals surface area contributed by atoms with E-state index in [2.05, 4.69) is 29.2 Å². The van der Waals surface area contributed by atoms with E-state index in [9.17, 15) is 33.5 Å². The van der Waals surface area contributed by atoms with Gasteiger partial charge in [-0.1, -0.05) is 111 Å². The van der Waals surface area contributed by atoms with Crippen LogP contribution in [0.2, 0.25) is 0 Å². The molecule has 0 aliphatic heterocycles. The molecule has 260 valence electrons. The molecule has 49 heavy (non-hydrogen) atoms. The van der Waals surface area contributed by atoms with Crippen LogP contribution in [0.3, 0.4) is 0 Å². The van der Waals surface area contributed by atoms with Crippen LogP contribution in [0.25, 0.3) is 0 Å². The number of aliphatic hydroxyl groups excluding tert-OH is 1. The van der Waals surface area contributed by atoms with Crippen molar-refractivity contribution in [2.45, 2.75) is 50.9 Å². The van der Waals surface area contributed by atoms with Gasteiger partial charge in [-0.3, -0.25) is 15.0 Å². The molecule has 0 fully saturated rings. The fraction of sp³-hybridized carbons (Fsp3) is 0.324. The zero-order valence-electron chi connectivity index (χ0n) is 27.8. The Morgan fingerprint density at radius 3 is 1.80 bits per heavy atom. The summed E-state index contributed by atoms with van der Waals surface area (Å²) in [5.41, 5.74) is 2.02. The summed E-state index contributed by atoms with van der Waals surface area (Å²) in [5.74, 6) is 0. The van der Waals surface area contributed by atoms with Crippen LogP contribution in [0.5, 0.6) is 0 Å². The maximum absolute atomic E-state index is 14.1. The van der Waals surface area contributed by atoms with Gasteiger partial charge in [-0.25, -0.2) is 13.2 Å². The normalized spacial score (nSPS) is 12.6. The Morgan fingerprint density at radius 1 is 0.796 bits per heavy atom. The number of benzene rings is 4. The minimum atomic E-state index is -4.35. The molecule has 0 heterocycles. The summed E-state index contributed by atoms with van der Waals surface area (Å²) in [4.78, 5) is 26.0. The average molecular weight is 689 g/mol. The van der Waals surface area contributed by atoms with Gasteiger partial charge in [-0.05, 0) is 41.1 Å². The molecule has 0 spiro atoms. The molecule has 0 saturated carbocycles. The Labute approximate surface area is 288 Å². The Bertz CT molecular complexity index is 1720. The van der Waals surface area contributed by atoms with Crippen molar-refractivity contribution in [3.05, 3.63) is 142 Å². The summed E-state index contributed by atoms with van der Waals surface area (Å²) in [7, 11) is -4.35. The number of nitrogens with zero attached hydrogens (tertiary/aromatic N) is 4. The van der Waals surface area contributed by atoms with Crippen molar-refractivity contribution in [3.8, 4) is 0 Å². The van der Waals surface area contributed by atoms with E-state index >= 15 is 0 Å². The van der Waals surface area contributed by atoms with Gasteiger partial charge in [0.05, 0.1) is 22.5 Å². The van der Waals surface area contributed by atoms with Gasteiger partial charge in [0.2, 0.25) is 10.0 Å². The predicted octanol–water partition coefficient (Wildman–Crippen LogP) is 6.25. The zero-order valence-corrected chi connectivity index (χ0v) is 28.7. The highest BCUT2D eigenvalue weighted by Crippen LogP contribution is 2.29. The van der Waals surface area contributed by atoms with Gasteiger partial charge in [0.15, 0.2) is 0 Å². The Balaban J connectivity index is 1.56. The number of nitro benzene ring substituents is 1. The number of carboxylic acid groups (broad SMARTS) is 1. The second-order valence-corrected chi connectivity index (χ2v) is 14.9. The minimum Gasteiger partial charge on any atom is -0.465 e. The van der Waals surface area contributed by atoms with Crippen molar-refractivity contribution >= 4 is 21.8 Å². The van der Waals surface area contributed by atoms with Gasteiger partial charge in [-0.2, -0.15) is 4.31 Å². The fourth-order valence-electron chi connectivity index (χ4n) is 5.63. The summed E-state index contributed by atoms with van der Waals surface area (Å²) in [6.07, 6.45) is -2.05. The van der Waals surface area contributed by atoms with E-state index in [1.807, 2.05) is 56.3 Å². The fourth-order valence-corrected chi connectivity index (χ4v) is 7.34. The van der Waals surface area contributed by atoms with E-state index in [1.54, 1.807) is 24.3 Å². The maximum atomic E-state index is 14.1. The van der Waals surface area contributed by atoms with E-state index in [1.165, 1.54) is 18.2 Å². The molecular weight excluding hydrogens is 644 g/mol. The van der Waals surface area contributed by atoms with Crippen LogP contribution < -0.4 is 0 Å². The van der Waals surface area contributed by atoms with Crippen molar-refractivity contribution in [2.24, 2.45) is 5.41 Å². The molecule has 4 rings (SSSR count). The van der Waals surface area contributed by atoms with E-state index < -0.39 is 39.1 Å². The third-order valence-electron chi connectivity index (χ3n) is 8.21. The molecule has 0 aliphatic carbocycles. The standard InChI is InChI=1S/C37H44N4O7S/c1-37(2,21-22-38(24-30-13-6-3-7-14-30)25-31-15-8-4-9-16-31)29-40(49(47,48)35-20-12-19-33(23-35)41(45)46)28-34(42)27-39(36(43)44)26-32-17-10-5-11-18-32/h3-20,23,34,42H,21-22,24-29H2,1-2H3,(H,43,44). The van der Waals surface area contributed by atoms with Gasteiger partial charge in [0.25, 0.3) is 5.69 Å². The quantitative estimate of drug-likeness (QED) is 0.0923. The first kappa shape index (κ1) is 37.2. The molecule has 0 radical (unpaired) electrons. The van der Waals surface area contributed by atoms with Crippen LogP contribution in [-0.4, -0.2) is 76.0 Å². The number of nitro groups is 1. The van der Waals surface area contributed by atoms with Crippen molar-refractivity contribution < 1.29 is 28.3 Å². The third-order valence-corrected chi connectivity index (χ3v) is 10.0. The highest BCUT2D eigenvalue weighted by Gasteiger charge is 2.34. The lowest BCUT2D eigenvalue weighted by Gasteiger charge is -2.35. The Kier molecular flexibility index (Phi) is 13.0. The molecule has 11 nitrogen and oxygen atoms in total. The van der Waals surface area contributed by atoms with Gasteiger partial charge in [0, 0.05) is 44.9 Å². The Morgan fingerprint density at radius 2 is 1.31 bits per heavy atom. The summed E-state index contributed by atoms with van der Waals surface area (Å²) < 4.78 is 29.3. The van der Waals surface area contributed by atoms with Gasteiger partial charge < -0.3 is 15.1 Å².